The predicted molar refractivity (Wildman–Crippen MR) is 71.3 cm³/mol. The van der Waals surface area contributed by atoms with E-state index in [0.717, 1.165) is 18.3 Å². The van der Waals surface area contributed by atoms with Crippen molar-refractivity contribution in [3.8, 4) is 5.69 Å². The summed E-state index contributed by atoms with van der Waals surface area (Å²) in [5, 5.41) is 0. The van der Waals surface area contributed by atoms with Gasteiger partial charge in [-0.1, -0.05) is 0 Å². The molecule has 2 N–H and O–H groups in total. The van der Waals surface area contributed by atoms with E-state index in [4.69, 9.17) is 5.73 Å². The molecule has 1 atom stereocenters. The van der Waals surface area contributed by atoms with Crippen LogP contribution in [-0.2, 0) is 0 Å². The molecule has 0 saturated heterocycles. The first kappa shape index (κ1) is 13.6. The second-order valence-electron chi connectivity index (χ2n) is 4.71. The van der Waals surface area contributed by atoms with Gasteiger partial charge in [-0.3, -0.25) is 9.55 Å². The zero-order chi connectivity index (χ0) is 15.1. The normalized spacial score (nSPS) is 12.8. The maximum atomic E-state index is 13.5. The van der Waals surface area contributed by atoms with E-state index in [1.165, 1.54) is 16.8 Å². The molecule has 2 aromatic heterocycles. The number of imidazole rings is 1. The molecule has 1 aromatic carbocycles. The largest absolute Gasteiger partial charge is 0.322 e. The first-order valence-corrected chi connectivity index (χ1v) is 6.21. The second-order valence-corrected chi connectivity index (χ2v) is 4.71. The van der Waals surface area contributed by atoms with Crippen molar-refractivity contribution in [2.24, 2.45) is 5.73 Å². The predicted octanol–water partition coefficient (Wildman–Crippen LogP) is 2.86. The summed E-state index contributed by atoms with van der Waals surface area (Å²) in [6, 6.07) is 2.71. The van der Waals surface area contributed by atoms with Crippen molar-refractivity contribution in [1.82, 2.24) is 14.5 Å². The fourth-order valence-electron chi connectivity index (χ4n) is 2.19. The molecule has 0 aliphatic rings. The van der Waals surface area contributed by atoms with Crippen LogP contribution in [0.1, 0.15) is 18.8 Å². The van der Waals surface area contributed by atoms with Gasteiger partial charge in [-0.05, 0) is 6.92 Å². The number of fused-ring (bicyclic) bond motifs is 1. The minimum atomic E-state index is -1.01. The first-order chi connectivity index (χ1) is 9.97. The van der Waals surface area contributed by atoms with Crippen LogP contribution in [0.3, 0.4) is 0 Å². The van der Waals surface area contributed by atoms with Crippen LogP contribution in [0, 0.1) is 17.5 Å². The molecule has 3 rings (SSSR count). The van der Waals surface area contributed by atoms with Gasteiger partial charge in [-0.15, -0.1) is 0 Å². The Morgan fingerprint density at radius 1 is 1.10 bits per heavy atom. The van der Waals surface area contributed by atoms with Crippen molar-refractivity contribution < 1.29 is 13.2 Å². The molecule has 0 bridgehead atoms. The Kier molecular flexibility index (Phi) is 3.13. The molecule has 0 spiro atoms. The van der Waals surface area contributed by atoms with E-state index in [9.17, 15) is 13.2 Å². The molecule has 108 valence electrons. The van der Waals surface area contributed by atoms with Crippen LogP contribution in [0.15, 0.2) is 30.6 Å². The zero-order valence-corrected chi connectivity index (χ0v) is 11.0. The van der Waals surface area contributed by atoms with Crippen LogP contribution in [-0.4, -0.2) is 14.5 Å². The van der Waals surface area contributed by atoms with Gasteiger partial charge in [-0.2, -0.15) is 0 Å². The Bertz CT molecular complexity index is 826. The molecule has 21 heavy (non-hydrogen) atoms. The summed E-state index contributed by atoms with van der Waals surface area (Å²) in [5.74, 6) is -2.19. The van der Waals surface area contributed by atoms with Crippen molar-refractivity contribution in [1.29, 1.82) is 0 Å². The Labute approximate surface area is 118 Å². The van der Waals surface area contributed by atoms with Crippen molar-refractivity contribution in [3.63, 3.8) is 0 Å². The summed E-state index contributed by atoms with van der Waals surface area (Å²) in [7, 11) is 0. The van der Waals surface area contributed by atoms with E-state index < -0.39 is 23.5 Å². The molecule has 0 amide bonds. The lowest BCUT2D eigenvalue weighted by molar-refractivity contribution is 0.510. The maximum absolute atomic E-state index is 13.5. The summed E-state index contributed by atoms with van der Waals surface area (Å²) in [5.41, 5.74) is 6.73. The van der Waals surface area contributed by atoms with Crippen LogP contribution in [0.4, 0.5) is 13.2 Å². The highest BCUT2D eigenvalue weighted by Gasteiger charge is 2.18. The topological polar surface area (TPSA) is 56.7 Å². The number of halogens is 3. The van der Waals surface area contributed by atoms with E-state index in [1.807, 2.05) is 0 Å². The third-order valence-corrected chi connectivity index (χ3v) is 3.08. The molecule has 0 saturated carbocycles. The van der Waals surface area contributed by atoms with Gasteiger partial charge in [-0.25, -0.2) is 18.2 Å². The Morgan fingerprint density at radius 2 is 1.81 bits per heavy atom. The van der Waals surface area contributed by atoms with Gasteiger partial charge in [0.2, 0.25) is 0 Å². The summed E-state index contributed by atoms with van der Waals surface area (Å²) in [4.78, 5) is 7.96. The molecule has 7 heteroatoms. The number of aromatic nitrogens is 3. The minimum absolute atomic E-state index is 0.241. The Hall–Kier alpha value is -2.41. The lowest BCUT2D eigenvalue weighted by atomic mass is 10.2. The van der Waals surface area contributed by atoms with Gasteiger partial charge in [0.25, 0.3) is 0 Å². The molecule has 0 unspecified atom stereocenters. The standard InChI is InChI=1S/C14H11F3N4/c1-7(18)14-20-12-3-10(16)11(17)4-13(12)21(14)9-2-8(15)5-19-6-9/h2-7H,18H2,1H3/t7-/m0/s1. The van der Waals surface area contributed by atoms with E-state index in [0.29, 0.717) is 17.0 Å². The highest BCUT2D eigenvalue weighted by Crippen LogP contribution is 2.26. The molecular formula is C14H11F3N4. The molecule has 2 heterocycles. The van der Waals surface area contributed by atoms with Gasteiger partial charge < -0.3 is 5.73 Å². The Balaban J connectivity index is 2.38. The first-order valence-electron chi connectivity index (χ1n) is 6.21. The van der Waals surface area contributed by atoms with Crippen molar-refractivity contribution in [3.05, 3.63) is 53.9 Å². The van der Waals surface area contributed by atoms with Gasteiger partial charge in [0.1, 0.15) is 11.6 Å². The number of hydrogen-bond donors (Lipinski definition) is 1. The molecule has 0 fully saturated rings. The maximum Gasteiger partial charge on any atom is 0.161 e. The fraction of sp³-hybridized carbons (Fsp3) is 0.143. The molecular weight excluding hydrogens is 281 g/mol. The van der Waals surface area contributed by atoms with E-state index in [-0.39, 0.29) is 5.52 Å². The molecule has 0 radical (unpaired) electrons. The molecule has 4 nitrogen and oxygen atoms in total. The number of hydrogen-bond acceptors (Lipinski definition) is 3. The highest BCUT2D eigenvalue weighted by molar-refractivity contribution is 5.78. The zero-order valence-electron chi connectivity index (χ0n) is 11.0. The third-order valence-electron chi connectivity index (χ3n) is 3.08. The third kappa shape index (κ3) is 2.25. The number of nitrogens with two attached hydrogens (primary N) is 1. The summed E-state index contributed by atoms with van der Waals surface area (Å²) >= 11 is 0. The number of rotatable bonds is 2. The quantitative estimate of drug-likeness (QED) is 0.790. The van der Waals surface area contributed by atoms with Gasteiger partial charge in [0, 0.05) is 18.2 Å². The summed E-state index contributed by atoms with van der Waals surface area (Å²) in [6.45, 7) is 1.68. The highest BCUT2D eigenvalue weighted by atomic mass is 19.2. The average molecular weight is 292 g/mol. The van der Waals surface area contributed by atoms with Crippen LogP contribution >= 0.6 is 0 Å². The minimum Gasteiger partial charge on any atom is -0.322 e. The van der Waals surface area contributed by atoms with Gasteiger partial charge in [0.15, 0.2) is 11.6 Å². The second kappa shape index (κ2) is 4.85. The number of benzene rings is 1. The number of pyridine rings is 1. The fourth-order valence-corrected chi connectivity index (χ4v) is 2.19. The average Bonchev–Trinajstić information content (AvgIpc) is 2.78. The van der Waals surface area contributed by atoms with Gasteiger partial charge >= 0.3 is 0 Å². The molecule has 3 aromatic rings. The molecule has 0 aliphatic heterocycles. The van der Waals surface area contributed by atoms with Gasteiger partial charge in [0.05, 0.1) is 35.2 Å². The van der Waals surface area contributed by atoms with Crippen LogP contribution in [0.5, 0.6) is 0 Å². The van der Waals surface area contributed by atoms with Crippen LogP contribution in [0.25, 0.3) is 16.7 Å². The van der Waals surface area contributed by atoms with Crippen molar-refractivity contribution in [2.75, 3.05) is 0 Å². The van der Waals surface area contributed by atoms with Crippen molar-refractivity contribution in [2.45, 2.75) is 13.0 Å². The SMILES string of the molecule is C[C@H](N)c1nc2cc(F)c(F)cc2n1-c1cncc(F)c1. The van der Waals surface area contributed by atoms with E-state index in [1.54, 1.807) is 6.92 Å². The smallest absolute Gasteiger partial charge is 0.161 e. The van der Waals surface area contributed by atoms with E-state index >= 15 is 0 Å². The van der Waals surface area contributed by atoms with Crippen LogP contribution in [0.2, 0.25) is 0 Å². The number of nitrogens with zero attached hydrogens (tertiary/aromatic N) is 3. The summed E-state index contributed by atoms with van der Waals surface area (Å²) < 4.78 is 41.7. The van der Waals surface area contributed by atoms with Crippen molar-refractivity contribution >= 4 is 11.0 Å². The molecule has 0 aliphatic carbocycles. The summed E-state index contributed by atoms with van der Waals surface area (Å²) in [6.07, 6.45) is 2.45. The monoisotopic (exact) mass is 292 g/mol. The lowest BCUT2D eigenvalue weighted by Crippen LogP contribution is -2.12. The van der Waals surface area contributed by atoms with E-state index in [2.05, 4.69) is 9.97 Å². The Morgan fingerprint density at radius 3 is 2.48 bits per heavy atom. The van der Waals surface area contributed by atoms with Crippen LogP contribution < -0.4 is 5.73 Å². The lowest BCUT2D eigenvalue weighted by Gasteiger charge is -2.11.